The molecule has 0 bridgehead atoms. The second-order valence-electron chi connectivity index (χ2n) is 4.62. The SMILES string of the molecule is COC(CC(F)(F)C(F)(F)C(F)(F)F)c1cccc(C)c1. The van der Waals surface area contributed by atoms with Crippen molar-refractivity contribution in [1.82, 2.24) is 0 Å². The first-order chi connectivity index (χ1) is 9.42. The van der Waals surface area contributed by atoms with Crippen molar-refractivity contribution in [3.8, 4) is 0 Å². The molecule has 0 amide bonds. The van der Waals surface area contributed by atoms with E-state index in [1.165, 1.54) is 18.2 Å². The summed E-state index contributed by atoms with van der Waals surface area (Å²) in [6, 6.07) is 5.80. The number of hydrogen-bond donors (Lipinski definition) is 0. The summed E-state index contributed by atoms with van der Waals surface area (Å²) in [7, 11) is 0.967. The van der Waals surface area contributed by atoms with E-state index in [1.54, 1.807) is 13.0 Å². The summed E-state index contributed by atoms with van der Waals surface area (Å²) in [6.45, 7) is 1.62. The van der Waals surface area contributed by atoms with Gasteiger partial charge >= 0.3 is 18.0 Å². The summed E-state index contributed by atoms with van der Waals surface area (Å²) in [6.07, 6.45) is -9.69. The third kappa shape index (κ3) is 3.66. The number of benzene rings is 1. The molecule has 21 heavy (non-hydrogen) atoms. The van der Waals surface area contributed by atoms with Crippen LogP contribution in [0.5, 0.6) is 0 Å². The molecular formula is C13H13F7O. The molecule has 0 aliphatic carbocycles. The summed E-state index contributed by atoms with van der Waals surface area (Å²) in [4.78, 5) is 0. The van der Waals surface area contributed by atoms with E-state index in [9.17, 15) is 30.7 Å². The number of halogens is 7. The minimum atomic E-state index is -6.33. The first-order valence-electron chi connectivity index (χ1n) is 5.84. The van der Waals surface area contributed by atoms with Gasteiger partial charge in [-0.2, -0.15) is 30.7 Å². The number of alkyl halides is 7. The van der Waals surface area contributed by atoms with Gasteiger partial charge in [0.2, 0.25) is 0 Å². The Morgan fingerprint density at radius 1 is 1.05 bits per heavy atom. The molecule has 1 atom stereocenters. The highest BCUT2D eigenvalue weighted by molar-refractivity contribution is 5.24. The lowest BCUT2D eigenvalue weighted by Crippen LogP contribution is -2.52. The molecule has 0 aliphatic heterocycles. The summed E-state index contributed by atoms with van der Waals surface area (Å²) in [5, 5.41) is 0. The fourth-order valence-electron chi connectivity index (χ4n) is 1.78. The highest BCUT2D eigenvalue weighted by Gasteiger charge is 2.73. The van der Waals surface area contributed by atoms with Gasteiger partial charge in [0, 0.05) is 13.5 Å². The van der Waals surface area contributed by atoms with Gasteiger partial charge < -0.3 is 4.74 Å². The molecule has 0 saturated heterocycles. The van der Waals surface area contributed by atoms with Crippen molar-refractivity contribution in [3.63, 3.8) is 0 Å². The van der Waals surface area contributed by atoms with Crippen molar-refractivity contribution in [2.45, 2.75) is 37.5 Å². The van der Waals surface area contributed by atoms with Crippen LogP contribution < -0.4 is 0 Å². The molecule has 0 N–H and O–H groups in total. The zero-order valence-corrected chi connectivity index (χ0v) is 11.1. The van der Waals surface area contributed by atoms with Crippen molar-refractivity contribution in [2.24, 2.45) is 0 Å². The van der Waals surface area contributed by atoms with E-state index in [1.807, 2.05) is 0 Å². The molecule has 120 valence electrons. The van der Waals surface area contributed by atoms with Gasteiger partial charge in [0.05, 0.1) is 6.10 Å². The maximum Gasteiger partial charge on any atom is 0.459 e. The Labute approximate surface area is 116 Å². The van der Waals surface area contributed by atoms with E-state index in [2.05, 4.69) is 4.74 Å². The summed E-state index contributed by atoms with van der Waals surface area (Å²) >= 11 is 0. The Morgan fingerprint density at radius 3 is 2.05 bits per heavy atom. The van der Waals surface area contributed by atoms with Crippen molar-refractivity contribution in [3.05, 3.63) is 35.4 Å². The molecule has 1 unspecified atom stereocenters. The van der Waals surface area contributed by atoms with E-state index in [-0.39, 0.29) is 5.56 Å². The Morgan fingerprint density at radius 2 is 1.62 bits per heavy atom. The van der Waals surface area contributed by atoms with E-state index in [0.717, 1.165) is 7.11 Å². The molecule has 1 nitrogen and oxygen atoms in total. The molecule has 1 rings (SSSR count). The third-order valence-corrected chi connectivity index (χ3v) is 2.96. The van der Waals surface area contributed by atoms with Crippen LogP contribution >= 0.6 is 0 Å². The molecular weight excluding hydrogens is 305 g/mol. The molecule has 0 saturated carbocycles. The zero-order chi connectivity index (χ0) is 16.5. The fourth-order valence-corrected chi connectivity index (χ4v) is 1.78. The number of aryl methyl sites for hydroxylation is 1. The normalized spacial score (nSPS) is 15.1. The second-order valence-corrected chi connectivity index (χ2v) is 4.62. The lowest BCUT2D eigenvalue weighted by molar-refractivity contribution is -0.358. The largest absolute Gasteiger partial charge is 0.459 e. The average Bonchev–Trinajstić information content (AvgIpc) is 2.34. The van der Waals surface area contributed by atoms with Crippen LogP contribution in [0.2, 0.25) is 0 Å². The highest BCUT2D eigenvalue weighted by atomic mass is 19.4. The molecule has 1 aromatic carbocycles. The molecule has 8 heteroatoms. The van der Waals surface area contributed by atoms with Crippen molar-refractivity contribution >= 4 is 0 Å². The van der Waals surface area contributed by atoms with E-state index < -0.39 is 30.5 Å². The molecule has 0 heterocycles. The Bertz CT molecular complexity index is 482. The molecule has 0 fully saturated rings. The minimum Gasteiger partial charge on any atom is -0.377 e. The third-order valence-electron chi connectivity index (χ3n) is 2.96. The predicted octanol–water partition coefficient (Wildman–Crippen LogP) is 4.91. The topological polar surface area (TPSA) is 9.23 Å². The Hall–Kier alpha value is -1.31. The van der Waals surface area contributed by atoms with E-state index in [0.29, 0.717) is 5.56 Å². The molecule has 1 aromatic rings. The zero-order valence-electron chi connectivity index (χ0n) is 11.1. The standard InChI is InChI=1S/C13H13F7O/c1-8-4-3-5-9(6-8)10(21-2)7-11(14,15)12(16,17)13(18,19)20/h3-6,10H,7H2,1-2H3. The van der Waals surface area contributed by atoms with Crippen molar-refractivity contribution < 1.29 is 35.5 Å². The van der Waals surface area contributed by atoms with Crippen molar-refractivity contribution in [2.75, 3.05) is 7.11 Å². The molecule has 0 aliphatic rings. The first kappa shape index (κ1) is 17.7. The van der Waals surface area contributed by atoms with Crippen LogP contribution in [0.3, 0.4) is 0 Å². The van der Waals surface area contributed by atoms with Gasteiger partial charge in [-0.05, 0) is 12.5 Å². The van der Waals surface area contributed by atoms with Gasteiger partial charge in [-0.1, -0.05) is 29.8 Å². The monoisotopic (exact) mass is 318 g/mol. The number of rotatable bonds is 5. The van der Waals surface area contributed by atoms with Gasteiger partial charge in [-0.15, -0.1) is 0 Å². The first-order valence-corrected chi connectivity index (χ1v) is 5.84. The Kier molecular flexibility index (Phi) is 4.92. The lowest BCUT2D eigenvalue weighted by Gasteiger charge is -2.30. The van der Waals surface area contributed by atoms with Gasteiger partial charge in [0.1, 0.15) is 0 Å². The molecule has 0 spiro atoms. The van der Waals surface area contributed by atoms with Crippen LogP contribution in [0.15, 0.2) is 24.3 Å². The van der Waals surface area contributed by atoms with Gasteiger partial charge in [-0.25, -0.2) is 0 Å². The number of ether oxygens (including phenoxy) is 1. The van der Waals surface area contributed by atoms with Crippen LogP contribution in [-0.2, 0) is 4.74 Å². The van der Waals surface area contributed by atoms with Gasteiger partial charge in [-0.3, -0.25) is 0 Å². The maximum atomic E-state index is 13.4. The van der Waals surface area contributed by atoms with E-state index in [4.69, 9.17) is 0 Å². The summed E-state index contributed by atoms with van der Waals surface area (Å²) in [5.74, 6) is -11.4. The maximum absolute atomic E-state index is 13.4. The quantitative estimate of drug-likeness (QED) is 0.701. The summed E-state index contributed by atoms with van der Waals surface area (Å²) < 4.78 is 93.4. The Balaban J connectivity index is 3.05. The van der Waals surface area contributed by atoms with Crippen LogP contribution in [0.1, 0.15) is 23.7 Å². The van der Waals surface area contributed by atoms with Gasteiger partial charge in [0.15, 0.2) is 0 Å². The minimum absolute atomic E-state index is 0.107. The van der Waals surface area contributed by atoms with Gasteiger partial charge in [0.25, 0.3) is 0 Å². The second kappa shape index (κ2) is 5.82. The van der Waals surface area contributed by atoms with E-state index >= 15 is 0 Å². The lowest BCUT2D eigenvalue weighted by atomic mass is 9.97. The predicted molar refractivity (Wildman–Crippen MR) is 61.5 cm³/mol. The van der Waals surface area contributed by atoms with Crippen LogP contribution in [0.4, 0.5) is 30.7 Å². The van der Waals surface area contributed by atoms with Crippen LogP contribution in [0, 0.1) is 6.92 Å². The number of hydrogen-bond acceptors (Lipinski definition) is 1. The number of methoxy groups -OCH3 is 1. The van der Waals surface area contributed by atoms with Crippen LogP contribution in [0.25, 0.3) is 0 Å². The summed E-state index contributed by atoms with van der Waals surface area (Å²) in [5.41, 5.74) is 0.746. The van der Waals surface area contributed by atoms with Crippen molar-refractivity contribution in [1.29, 1.82) is 0 Å². The molecule has 0 radical (unpaired) electrons. The highest BCUT2D eigenvalue weighted by Crippen LogP contribution is 2.50. The average molecular weight is 318 g/mol. The fraction of sp³-hybridized carbons (Fsp3) is 0.538. The smallest absolute Gasteiger partial charge is 0.377 e. The van der Waals surface area contributed by atoms with Crippen LogP contribution in [-0.4, -0.2) is 25.1 Å². The molecule has 0 aromatic heterocycles.